The number of nitrogens with two attached hydrogens (primary N) is 1. The SMILES string of the molecule is Cc1cccc(F)c1-n1nnnc1-c1ccc(N)cc1Cl. The average molecular weight is 304 g/mol. The van der Waals surface area contributed by atoms with Gasteiger partial charge in [-0.15, -0.1) is 5.10 Å². The molecule has 0 atom stereocenters. The summed E-state index contributed by atoms with van der Waals surface area (Å²) in [5.74, 6) is -0.0525. The lowest BCUT2D eigenvalue weighted by atomic mass is 10.1. The van der Waals surface area contributed by atoms with E-state index in [1.54, 1.807) is 37.3 Å². The number of hydrogen-bond acceptors (Lipinski definition) is 4. The van der Waals surface area contributed by atoms with Gasteiger partial charge in [-0.25, -0.2) is 4.39 Å². The van der Waals surface area contributed by atoms with E-state index in [0.29, 0.717) is 27.8 Å². The smallest absolute Gasteiger partial charge is 0.188 e. The Morgan fingerprint density at radius 2 is 2.05 bits per heavy atom. The van der Waals surface area contributed by atoms with Crippen LogP contribution in [0.4, 0.5) is 10.1 Å². The molecule has 3 aromatic rings. The zero-order valence-corrected chi connectivity index (χ0v) is 11.8. The first-order valence-corrected chi connectivity index (χ1v) is 6.55. The standard InChI is InChI=1S/C14H11ClFN5/c1-8-3-2-4-12(16)13(8)21-14(18-19-20-21)10-6-5-9(17)7-11(10)15/h2-7H,17H2,1H3. The monoisotopic (exact) mass is 303 g/mol. The van der Waals surface area contributed by atoms with Gasteiger partial charge in [-0.1, -0.05) is 23.7 Å². The summed E-state index contributed by atoms with van der Waals surface area (Å²) < 4.78 is 15.4. The molecule has 1 heterocycles. The molecule has 3 rings (SSSR count). The van der Waals surface area contributed by atoms with Gasteiger partial charge < -0.3 is 5.73 Å². The van der Waals surface area contributed by atoms with E-state index >= 15 is 0 Å². The molecule has 0 bridgehead atoms. The van der Waals surface area contributed by atoms with Crippen LogP contribution in [0, 0.1) is 12.7 Å². The van der Waals surface area contributed by atoms with Crippen molar-refractivity contribution >= 4 is 17.3 Å². The Morgan fingerprint density at radius 3 is 2.76 bits per heavy atom. The van der Waals surface area contributed by atoms with Crippen molar-refractivity contribution in [2.75, 3.05) is 5.73 Å². The zero-order chi connectivity index (χ0) is 15.0. The molecule has 7 heteroatoms. The topological polar surface area (TPSA) is 69.6 Å². The van der Waals surface area contributed by atoms with Crippen molar-refractivity contribution in [2.24, 2.45) is 0 Å². The molecule has 0 saturated carbocycles. The van der Waals surface area contributed by atoms with Crippen LogP contribution in [0.2, 0.25) is 5.02 Å². The Balaban J connectivity index is 2.22. The number of aryl methyl sites for hydroxylation is 1. The van der Waals surface area contributed by atoms with E-state index in [2.05, 4.69) is 15.5 Å². The molecule has 1 aromatic heterocycles. The number of benzene rings is 2. The van der Waals surface area contributed by atoms with Crippen molar-refractivity contribution in [1.82, 2.24) is 20.2 Å². The summed E-state index contributed by atoms with van der Waals surface area (Å²) in [6, 6.07) is 9.77. The van der Waals surface area contributed by atoms with Crippen LogP contribution in [0.1, 0.15) is 5.56 Å². The van der Waals surface area contributed by atoms with E-state index < -0.39 is 5.82 Å². The number of hydrogen-bond donors (Lipinski definition) is 1. The van der Waals surface area contributed by atoms with E-state index in [4.69, 9.17) is 17.3 Å². The fourth-order valence-electron chi connectivity index (χ4n) is 2.11. The molecule has 0 fully saturated rings. The molecule has 21 heavy (non-hydrogen) atoms. The van der Waals surface area contributed by atoms with Crippen molar-refractivity contribution in [1.29, 1.82) is 0 Å². The molecule has 106 valence electrons. The van der Waals surface area contributed by atoms with E-state index in [1.807, 2.05) is 0 Å². The molecule has 2 aromatic carbocycles. The second-order valence-electron chi connectivity index (χ2n) is 4.56. The molecule has 5 nitrogen and oxygen atoms in total. The molecule has 0 saturated heterocycles. The fraction of sp³-hybridized carbons (Fsp3) is 0.0714. The van der Waals surface area contributed by atoms with E-state index in [-0.39, 0.29) is 0 Å². The van der Waals surface area contributed by atoms with Crippen LogP contribution in [0.25, 0.3) is 17.1 Å². The van der Waals surface area contributed by atoms with Gasteiger partial charge in [-0.05, 0) is 47.2 Å². The molecule has 0 unspecified atom stereocenters. The Kier molecular flexibility index (Phi) is 3.31. The number of anilines is 1. The van der Waals surface area contributed by atoms with Crippen molar-refractivity contribution in [3.8, 4) is 17.1 Å². The summed E-state index contributed by atoms with van der Waals surface area (Å²) in [5.41, 5.74) is 7.80. The minimum Gasteiger partial charge on any atom is -0.399 e. The maximum atomic E-state index is 14.1. The van der Waals surface area contributed by atoms with E-state index in [1.165, 1.54) is 10.7 Å². The Labute approximate surface area is 125 Å². The lowest BCUT2D eigenvalue weighted by Crippen LogP contribution is -2.05. The highest BCUT2D eigenvalue weighted by atomic mass is 35.5. The molecular formula is C14H11ClFN5. The molecule has 0 spiro atoms. The fourth-order valence-corrected chi connectivity index (χ4v) is 2.38. The molecule has 0 amide bonds. The molecule has 0 aliphatic carbocycles. The van der Waals surface area contributed by atoms with Crippen LogP contribution in [0.5, 0.6) is 0 Å². The lowest BCUT2D eigenvalue weighted by Gasteiger charge is -2.10. The van der Waals surface area contributed by atoms with Gasteiger partial charge >= 0.3 is 0 Å². The summed E-state index contributed by atoms with van der Waals surface area (Å²) in [6.45, 7) is 1.79. The number of para-hydroxylation sites is 1. The predicted molar refractivity (Wildman–Crippen MR) is 78.7 cm³/mol. The van der Waals surface area contributed by atoms with Gasteiger partial charge in [0.05, 0.1) is 5.02 Å². The van der Waals surface area contributed by atoms with Gasteiger partial charge in [-0.2, -0.15) is 4.68 Å². The summed E-state index contributed by atoms with van der Waals surface area (Å²) in [6.07, 6.45) is 0. The Bertz CT molecular complexity index is 795. The van der Waals surface area contributed by atoms with Gasteiger partial charge in [0.2, 0.25) is 0 Å². The quantitative estimate of drug-likeness (QED) is 0.739. The third-order valence-electron chi connectivity index (χ3n) is 3.10. The maximum absolute atomic E-state index is 14.1. The van der Waals surface area contributed by atoms with Crippen molar-refractivity contribution < 1.29 is 4.39 Å². The Hall–Kier alpha value is -2.47. The van der Waals surface area contributed by atoms with Gasteiger partial charge in [0.25, 0.3) is 0 Å². The summed E-state index contributed by atoms with van der Waals surface area (Å²) >= 11 is 6.18. The number of nitrogens with zero attached hydrogens (tertiary/aromatic N) is 4. The van der Waals surface area contributed by atoms with Crippen LogP contribution in [-0.2, 0) is 0 Å². The highest BCUT2D eigenvalue weighted by Crippen LogP contribution is 2.30. The normalized spacial score (nSPS) is 10.8. The first-order chi connectivity index (χ1) is 10.1. The molecule has 2 N–H and O–H groups in total. The average Bonchev–Trinajstić information content (AvgIpc) is 2.87. The molecule has 0 aliphatic heterocycles. The van der Waals surface area contributed by atoms with Crippen molar-refractivity contribution in [3.63, 3.8) is 0 Å². The number of halogens is 2. The van der Waals surface area contributed by atoms with Gasteiger partial charge in [0.1, 0.15) is 11.5 Å². The third kappa shape index (κ3) is 2.34. The van der Waals surface area contributed by atoms with Crippen LogP contribution >= 0.6 is 11.6 Å². The second-order valence-corrected chi connectivity index (χ2v) is 4.97. The first kappa shape index (κ1) is 13.5. The van der Waals surface area contributed by atoms with E-state index in [0.717, 1.165) is 5.56 Å². The summed E-state index contributed by atoms with van der Waals surface area (Å²) in [7, 11) is 0. The number of aromatic nitrogens is 4. The molecule has 0 aliphatic rings. The highest BCUT2D eigenvalue weighted by Gasteiger charge is 2.18. The first-order valence-electron chi connectivity index (χ1n) is 6.17. The van der Waals surface area contributed by atoms with Crippen LogP contribution in [0.3, 0.4) is 0 Å². The predicted octanol–water partition coefficient (Wildman–Crippen LogP) is 3.01. The summed E-state index contributed by atoms with van der Waals surface area (Å²) in [4.78, 5) is 0. The van der Waals surface area contributed by atoms with Crippen molar-refractivity contribution in [3.05, 3.63) is 52.8 Å². The highest BCUT2D eigenvalue weighted by molar-refractivity contribution is 6.33. The number of nitrogen functional groups attached to an aromatic ring is 1. The van der Waals surface area contributed by atoms with Gasteiger partial charge in [0.15, 0.2) is 5.82 Å². The van der Waals surface area contributed by atoms with E-state index in [9.17, 15) is 4.39 Å². The number of rotatable bonds is 2. The van der Waals surface area contributed by atoms with Crippen LogP contribution < -0.4 is 5.73 Å². The minimum absolute atomic E-state index is 0.297. The largest absolute Gasteiger partial charge is 0.399 e. The van der Waals surface area contributed by atoms with Gasteiger partial charge in [-0.3, -0.25) is 0 Å². The molecule has 0 radical (unpaired) electrons. The maximum Gasteiger partial charge on any atom is 0.188 e. The third-order valence-corrected chi connectivity index (χ3v) is 3.42. The molecular weight excluding hydrogens is 293 g/mol. The lowest BCUT2D eigenvalue weighted by molar-refractivity contribution is 0.606. The zero-order valence-electron chi connectivity index (χ0n) is 11.1. The van der Waals surface area contributed by atoms with Crippen LogP contribution in [0.15, 0.2) is 36.4 Å². The number of tetrazole rings is 1. The summed E-state index contributed by atoms with van der Waals surface area (Å²) in [5, 5.41) is 11.8. The minimum atomic E-state index is -0.407. The van der Waals surface area contributed by atoms with Crippen molar-refractivity contribution in [2.45, 2.75) is 6.92 Å². The Morgan fingerprint density at radius 1 is 1.24 bits per heavy atom. The van der Waals surface area contributed by atoms with Gasteiger partial charge in [0, 0.05) is 11.3 Å². The second kappa shape index (κ2) is 5.14. The van der Waals surface area contributed by atoms with Crippen LogP contribution in [-0.4, -0.2) is 20.2 Å².